The number of nitrogens with one attached hydrogen (secondary N) is 1. The van der Waals surface area contributed by atoms with Crippen LogP contribution in [0.15, 0.2) is 53.3 Å². The maximum atomic E-state index is 13.7. The van der Waals surface area contributed by atoms with Gasteiger partial charge in [-0.1, -0.05) is 57.2 Å². The van der Waals surface area contributed by atoms with Crippen LogP contribution in [0.25, 0.3) is 10.9 Å². The minimum absolute atomic E-state index is 0.0373. The number of para-hydroxylation sites is 1. The highest BCUT2D eigenvalue weighted by Gasteiger charge is 2.36. The van der Waals surface area contributed by atoms with Crippen LogP contribution in [-0.2, 0) is 17.9 Å². The summed E-state index contributed by atoms with van der Waals surface area (Å²) < 4.78 is 12.8. The Morgan fingerprint density at radius 1 is 1.14 bits per heavy atom. The molecular formula is C29H38N4O4. The molecule has 0 bridgehead atoms. The summed E-state index contributed by atoms with van der Waals surface area (Å²) in [6.07, 6.45) is 1.17. The molecule has 2 heterocycles. The monoisotopic (exact) mass is 506 g/mol. The van der Waals surface area contributed by atoms with E-state index in [1.807, 2.05) is 53.1 Å². The van der Waals surface area contributed by atoms with E-state index in [1.54, 1.807) is 7.11 Å². The number of carbonyl (C=O) groups excluding carboxylic acids is 1. The van der Waals surface area contributed by atoms with Gasteiger partial charge < -0.3 is 19.7 Å². The highest BCUT2D eigenvalue weighted by atomic mass is 16.5. The van der Waals surface area contributed by atoms with E-state index in [2.05, 4.69) is 38.0 Å². The van der Waals surface area contributed by atoms with Gasteiger partial charge in [-0.15, -0.1) is 0 Å². The lowest BCUT2D eigenvalue weighted by molar-refractivity contribution is 0.138. The number of aromatic nitrogens is 2. The Balaban J connectivity index is 1.55. The normalized spacial score (nSPS) is 18.2. The van der Waals surface area contributed by atoms with Crippen molar-refractivity contribution in [3.8, 4) is 5.75 Å². The van der Waals surface area contributed by atoms with Crippen LogP contribution in [0.4, 0.5) is 4.79 Å². The van der Waals surface area contributed by atoms with E-state index in [4.69, 9.17) is 14.5 Å². The molecule has 2 atom stereocenters. The maximum Gasteiger partial charge on any atom is 0.407 e. The van der Waals surface area contributed by atoms with Crippen molar-refractivity contribution in [1.29, 1.82) is 0 Å². The molecule has 1 fully saturated rings. The highest BCUT2D eigenvalue weighted by Crippen LogP contribution is 2.35. The molecule has 8 nitrogen and oxygen atoms in total. The summed E-state index contributed by atoms with van der Waals surface area (Å²) in [7, 11) is 3.69. The van der Waals surface area contributed by atoms with Crippen molar-refractivity contribution in [2.45, 2.75) is 58.7 Å². The first-order valence-electron chi connectivity index (χ1n) is 12.9. The van der Waals surface area contributed by atoms with Crippen molar-refractivity contribution in [2.75, 3.05) is 27.2 Å². The molecule has 3 aromatic rings. The molecule has 8 heteroatoms. The molecule has 1 N–H and O–H groups in total. The molecule has 0 saturated carbocycles. The molecule has 0 radical (unpaired) electrons. The third-order valence-corrected chi connectivity index (χ3v) is 6.91. The van der Waals surface area contributed by atoms with Crippen LogP contribution in [0.3, 0.4) is 0 Å². The third kappa shape index (κ3) is 6.31. The molecule has 0 aliphatic carbocycles. The van der Waals surface area contributed by atoms with Gasteiger partial charge in [0.2, 0.25) is 0 Å². The summed E-state index contributed by atoms with van der Waals surface area (Å²) in [6.45, 7) is 8.55. The number of nitrogens with zero attached hydrogens (tertiary/aromatic N) is 3. The molecule has 37 heavy (non-hydrogen) atoms. The number of carbonyl (C=O) groups is 1. The first-order valence-corrected chi connectivity index (χ1v) is 12.9. The van der Waals surface area contributed by atoms with Gasteiger partial charge in [-0.05, 0) is 49.5 Å². The van der Waals surface area contributed by atoms with Crippen LogP contribution < -0.4 is 15.6 Å². The Labute approximate surface area is 218 Å². The molecule has 198 valence electrons. The molecule has 2 unspecified atom stereocenters. The first-order chi connectivity index (χ1) is 17.7. The summed E-state index contributed by atoms with van der Waals surface area (Å²) in [5.74, 6) is 1.44. The second-order valence-corrected chi connectivity index (χ2v) is 11.0. The van der Waals surface area contributed by atoms with Crippen LogP contribution >= 0.6 is 0 Å². The van der Waals surface area contributed by atoms with Crippen LogP contribution in [0, 0.1) is 5.41 Å². The Kier molecular flexibility index (Phi) is 8.17. The van der Waals surface area contributed by atoms with E-state index < -0.39 is 6.09 Å². The van der Waals surface area contributed by atoms with Gasteiger partial charge in [0.15, 0.2) is 0 Å². The molecule has 1 saturated heterocycles. The molecule has 2 aromatic carbocycles. The Morgan fingerprint density at radius 3 is 2.59 bits per heavy atom. The Morgan fingerprint density at radius 2 is 1.89 bits per heavy atom. The first kappa shape index (κ1) is 26.7. The van der Waals surface area contributed by atoms with E-state index in [1.165, 1.54) is 0 Å². The molecule has 1 amide bonds. The molecule has 1 aliphatic rings. The predicted molar refractivity (Wildman–Crippen MR) is 145 cm³/mol. The average Bonchev–Trinajstić information content (AvgIpc) is 3.23. The average molecular weight is 507 g/mol. The SMILES string of the molecule is COc1cccc2c(=O)n(CC(C)(C)C)c(C3CCN(C)C3CCNC(=O)OCc3ccccc3)nc12. The van der Waals surface area contributed by atoms with Crippen LogP contribution in [0.1, 0.15) is 50.9 Å². The molecule has 0 spiro atoms. The number of likely N-dealkylation sites (N-methyl/N-ethyl adjacent to an activating group) is 1. The predicted octanol–water partition coefficient (Wildman–Crippen LogP) is 4.56. The third-order valence-electron chi connectivity index (χ3n) is 6.91. The fourth-order valence-electron chi connectivity index (χ4n) is 5.14. The van der Waals surface area contributed by atoms with E-state index in [0.717, 1.165) is 30.8 Å². The molecular weight excluding hydrogens is 468 g/mol. The largest absolute Gasteiger partial charge is 0.494 e. The number of methoxy groups -OCH3 is 1. The summed E-state index contributed by atoms with van der Waals surface area (Å²) in [6, 6.07) is 15.2. The topological polar surface area (TPSA) is 85.7 Å². The van der Waals surface area contributed by atoms with Gasteiger partial charge in [-0.2, -0.15) is 0 Å². The number of hydrogen-bond acceptors (Lipinski definition) is 6. The Hall–Kier alpha value is -3.39. The van der Waals surface area contributed by atoms with E-state index in [-0.39, 0.29) is 29.5 Å². The fourth-order valence-corrected chi connectivity index (χ4v) is 5.14. The number of amides is 1. The summed E-state index contributed by atoms with van der Waals surface area (Å²) >= 11 is 0. The molecule has 1 aliphatic heterocycles. The van der Waals surface area contributed by atoms with E-state index >= 15 is 0 Å². The van der Waals surface area contributed by atoms with Crippen LogP contribution in [0.2, 0.25) is 0 Å². The molecule has 4 rings (SSSR count). The van der Waals surface area contributed by atoms with Gasteiger partial charge in [0.25, 0.3) is 5.56 Å². The zero-order valence-electron chi connectivity index (χ0n) is 22.5. The van der Waals surface area contributed by atoms with E-state index in [9.17, 15) is 9.59 Å². The quantitative estimate of drug-likeness (QED) is 0.482. The van der Waals surface area contributed by atoms with Gasteiger partial charge in [0.1, 0.15) is 23.7 Å². The lowest BCUT2D eigenvalue weighted by atomic mass is 9.93. The smallest absolute Gasteiger partial charge is 0.407 e. The van der Waals surface area contributed by atoms with Crippen molar-refractivity contribution in [1.82, 2.24) is 19.8 Å². The Bertz CT molecular complexity index is 1280. The zero-order valence-corrected chi connectivity index (χ0v) is 22.5. The second kappa shape index (κ2) is 11.3. The minimum Gasteiger partial charge on any atom is -0.494 e. The number of alkyl carbamates (subject to hydrolysis) is 1. The lowest BCUT2D eigenvalue weighted by Crippen LogP contribution is -2.37. The summed E-state index contributed by atoms with van der Waals surface area (Å²) in [5, 5.41) is 3.46. The lowest BCUT2D eigenvalue weighted by Gasteiger charge is -2.29. The van der Waals surface area contributed by atoms with Crippen molar-refractivity contribution < 1.29 is 14.3 Å². The summed E-state index contributed by atoms with van der Waals surface area (Å²) in [5.41, 5.74) is 1.41. The number of hydrogen-bond donors (Lipinski definition) is 1. The van der Waals surface area contributed by atoms with Gasteiger partial charge in [-0.25, -0.2) is 9.78 Å². The van der Waals surface area contributed by atoms with Crippen LogP contribution in [-0.4, -0.2) is 53.8 Å². The number of benzene rings is 2. The zero-order chi connectivity index (χ0) is 26.6. The summed E-state index contributed by atoms with van der Waals surface area (Å²) in [4.78, 5) is 33.3. The maximum absolute atomic E-state index is 13.7. The number of likely N-dealkylation sites (tertiary alicyclic amines) is 1. The molecule has 1 aromatic heterocycles. The minimum atomic E-state index is -0.431. The number of ether oxygens (including phenoxy) is 2. The van der Waals surface area contributed by atoms with Crippen LogP contribution in [0.5, 0.6) is 5.75 Å². The number of rotatable bonds is 8. The number of fused-ring (bicyclic) bond motifs is 1. The van der Waals surface area contributed by atoms with Gasteiger partial charge in [-0.3, -0.25) is 9.36 Å². The van der Waals surface area contributed by atoms with Gasteiger partial charge >= 0.3 is 6.09 Å². The fraction of sp³-hybridized carbons (Fsp3) is 0.483. The standard InChI is InChI=1S/C29H38N4O4/c1-29(2,3)19-33-26(31-25-22(27(33)34)12-9-13-24(25)36-5)21-15-17-32(4)23(21)14-16-30-28(35)37-18-20-10-7-6-8-11-20/h6-13,21,23H,14-19H2,1-5H3,(H,30,35). The van der Waals surface area contributed by atoms with Crippen molar-refractivity contribution in [3.05, 3.63) is 70.3 Å². The highest BCUT2D eigenvalue weighted by molar-refractivity contribution is 5.83. The van der Waals surface area contributed by atoms with Gasteiger partial charge in [0.05, 0.1) is 12.5 Å². The van der Waals surface area contributed by atoms with Gasteiger partial charge in [0, 0.05) is 25.0 Å². The second-order valence-electron chi connectivity index (χ2n) is 11.0. The van der Waals surface area contributed by atoms with Crippen molar-refractivity contribution in [2.24, 2.45) is 5.41 Å². The van der Waals surface area contributed by atoms with Crippen molar-refractivity contribution in [3.63, 3.8) is 0 Å². The van der Waals surface area contributed by atoms with E-state index in [0.29, 0.717) is 29.7 Å². The van der Waals surface area contributed by atoms with Crippen molar-refractivity contribution >= 4 is 17.0 Å².